The molecule has 2 heterocycles. The third-order valence-corrected chi connectivity index (χ3v) is 3.99. The molecular formula is C13H11ClN4OS. The first-order valence-corrected chi connectivity index (χ1v) is 7.09. The van der Waals surface area contributed by atoms with Crippen LogP contribution in [0.2, 0.25) is 5.02 Å². The maximum Gasteiger partial charge on any atom is 0.241 e. The van der Waals surface area contributed by atoms with E-state index in [1.165, 1.54) is 11.3 Å². The van der Waals surface area contributed by atoms with Gasteiger partial charge in [-0.05, 0) is 42.1 Å². The number of nitrogens with two attached hydrogens (primary N) is 1. The highest BCUT2D eigenvalue weighted by molar-refractivity contribution is 7.16. The third-order valence-electron chi connectivity index (χ3n) is 2.76. The molecule has 0 saturated carbocycles. The fourth-order valence-corrected chi connectivity index (χ4v) is 2.63. The molecule has 0 bridgehead atoms. The van der Waals surface area contributed by atoms with Crippen LogP contribution in [0, 0.1) is 6.92 Å². The molecule has 7 heteroatoms. The van der Waals surface area contributed by atoms with Gasteiger partial charge in [-0.2, -0.15) is 4.98 Å². The summed E-state index contributed by atoms with van der Waals surface area (Å²) in [6, 6.07) is 7.36. The first-order chi connectivity index (χ1) is 9.67. The lowest BCUT2D eigenvalue weighted by Crippen LogP contribution is -2.10. The Balaban J connectivity index is 2.04. The minimum Gasteiger partial charge on any atom is -0.438 e. The summed E-state index contributed by atoms with van der Waals surface area (Å²) in [5.74, 6) is 6.82. The van der Waals surface area contributed by atoms with Crippen molar-refractivity contribution >= 4 is 39.1 Å². The van der Waals surface area contributed by atoms with Crippen molar-refractivity contribution in [3.8, 4) is 11.6 Å². The summed E-state index contributed by atoms with van der Waals surface area (Å²) in [5.41, 5.74) is 3.38. The smallest absolute Gasteiger partial charge is 0.241 e. The van der Waals surface area contributed by atoms with Gasteiger partial charge in [0.2, 0.25) is 11.8 Å². The number of nitrogen functional groups attached to an aromatic ring is 1. The van der Waals surface area contributed by atoms with Crippen LogP contribution >= 0.6 is 22.9 Å². The molecule has 0 unspecified atom stereocenters. The molecule has 3 aromatic rings. The van der Waals surface area contributed by atoms with Crippen molar-refractivity contribution in [1.82, 2.24) is 9.97 Å². The van der Waals surface area contributed by atoms with Crippen LogP contribution in [0.25, 0.3) is 10.2 Å². The number of hydrogen-bond donors (Lipinski definition) is 2. The Bertz CT molecular complexity index is 774. The number of anilines is 1. The van der Waals surface area contributed by atoms with Gasteiger partial charge in [0.1, 0.15) is 10.6 Å². The van der Waals surface area contributed by atoms with Gasteiger partial charge in [0, 0.05) is 5.02 Å². The SMILES string of the molecule is Cc1cc(Oc2nc(NN)nc3sccc23)ccc1Cl. The third kappa shape index (κ3) is 2.40. The number of fused-ring (bicyclic) bond motifs is 1. The van der Waals surface area contributed by atoms with Crippen LogP contribution in [-0.4, -0.2) is 9.97 Å². The molecule has 3 N–H and O–H groups in total. The van der Waals surface area contributed by atoms with E-state index in [-0.39, 0.29) is 0 Å². The average Bonchev–Trinajstić information content (AvgIpc) is 2.91. The largest absolute Gasteiger partial charge is 0.438 e. The van der Waals surface area contributed by atoms with Crippen LogP contribution < -0.4 is 16.0 Å². The number of hydrazine groups is 1. The van der Waals surface area contributed by atoms with Crippen LogP contribution in [0.5, 0.6) is 11.6 Å². The van der Waals surface area contributed by atoms with Crippen molar-refractivity contribution in [2.45, 2.75) is 6.92 Å². The van der Waals surface area contributed by atoms with Crippen LogP contribution in [0.1, 0.15) is 5.56 Å². The van der Waals surface area contributed by atoms with Crippen LogP contribution in [0.15, 0.2) is 29.6 Å². The maximum atomic E-state index is 6.00. The van der Waals surface area contributed by atoms with E-state index in [1.807, 2.05) is 24.4 Å². The molecule has 0 radical (unpaired) electrons. The monoisotopic (exact) mass is 306 g/mol. The lowest BCUT2D eigenvalue weighted by atomic mass is 10.2. The Hall–Kier alpha value is -1.89. The van der Waals surface area contributed by atoms with E-state index in [2.05, 4.69) is 15.4 Å². The Labute approximate surface area is 124 Å². The van der Waals surface area contributed by atoms with E-state index in [1.54, 1.807) is 12.1 Å². The normalized spacial score (nSPS) is 10.8. The second-order valence-corrected chi connectivity index (χ2v) is 5.45. The number of benzene rings is 1. The van der Waals surface area contributed by atoms with Crippen molar-refractivity contribution in [2.75, 3.05) is 5.43 Å². The average molecular weight is 307 g/mol. The van der Waals surface area contributed by atoms with Crippen LogP contribution in [-0.2, 0) is 0 Å². The van der Waals surface area contributed by atoms with Crippen molar-refractivity contribution < 1.29 is 4.74 Å². The first kappa shape index (κ1) is 13.1. The summed E-state index contributed by atoms with van der Waals surface area (Å²) in [6.45, 7) is 1.92. The molecule has 0 aliphatic carbocycles. The quantitative estimate of drug-likeness (QED) is 0.570. The van der Waals surface area contributed by atoms with E-state index in [9.17, 15) is 0 Å². The molecule has 1 aromatic carbocycles. The number of ether oxygens (including phenoxy) is 1. The molecule has 102 valence electrons. The van der Waals surface area contributed by atoms with E-state index in [4.69, 9.17) is 22.2 Å². The minimum atomic E-state index is 0.320. The zero-order valence-electron chi connectivity index (χ0n) is 10.6. The standard InChI is InChI=1S/C13H11ClN4OS/c1-7-6-8(2-3-10(7)14)19-11-9-4-5-20-12(9)17-13(16-11)18-15/h2-6H,15H2,1H3,(H,16,17,18). The summed E-state index contributed by atoms with van der Waals surface area (Å²) in [5, 5.41) is 3.48. The van der Waals surface area contributed by atoms with E-state index >= 15 is 0 Å². The summed E-state index contributed by atoms with van der Waals surface area (Å²) >= 11 is 7.50. The predicted octanol–water partition coefficient (Wildman–Crippen LogP) is 3.73. The van der Waals surface area contributed by atoms with E-state index in [0.29, 0.717) is 22.6 Å². The predicted molar refractivity (Wildman–Crippen MR) is 81.5 cm³/mol. The van der Waals surface area contributed by atoms with Crippen molar-refractivity contribution in [3.05, 3.63) is 40.2 Å². The highest BCUT2D eigenvalue weighted by Gasteiger charge is 2.11. The topological polar surface area (TPSA) is 73.1 Å². The molecule has 0 aliphatic rings. The minimum absolute atomic E-state index is 0.320. The van der Waals surface area contributed by atoms with Gasteiger partial charge >= 0.3 is 0 Å². The highest BCUT2D eigenvalue weighted by Crippen LogP contribution is 2.32. The zero-order chi connectivity index (χ0) is 14.1. The van der Waals surface area contributed by atoms with Gasteiger partial charge in [-0.25, -0.2) is 10.8 Å². The number of halogens is 1. The second kappa shape index (κ2) is 5.24. The Morgan fingerprint density at radius 2 is 2.15 bits per heavy atom. The first-order valence-electron chi connectivity index (χ1n) is 5.83. The number of nitrogens with one attached hydrogen (secondary N) is 1. The summed E-state index contributed by atoms with van der Waals surface area (Å²) in [7, 11) is 0. The Kier molecular flexibility index (Phi) is 3.43. The number of hydrogen-bond acceptors (Lipinski definition) is 6. The lowest BCUT2D eigenvalue weighted by Gasteiger charge is -2.08. The van der Waals surface area contributed by atoms with Crippen molar-refractivity contribution in [2.24, 2.45) is 5.84 Å². The molecule has 5 nitrogen and oxygen atoms in total. The van der Waals surface area contributed by atoms with Gasteiger partial charge in [-0.1, -0.05) is 11.6 Å². The lowest BCUT2D eigenvalue weighted by molar-refractivity contribution is 0.469. The summed E-state index contributed by atoms with van der Waals surface area (Å²) in [6.07, 6.45) is 0. The maximum absolute atomic E-state index is 6.00. The van der Waals surface area contributed by atoms with Gasteiger partial charge in [-0.15, -0.1) is 11.3 Å². The molecule has 2 aromatic heterocycles. The van der Waals surface area contributed by atoms with Crippen LogP contribution in [0.4, 0.5) is 5.95 Å². The Morgan fingerprint density at radius 3 is 2.90 bits per heavy atom. The fraction of sp³-hybridized carbons (Fsp3) is 0.0769. The number of aryl methyl sites for hydroxylation is 1. The fourth-order valence-electron chi connectivity index (χ4n) is 1.76. The van der Waals surface area contributed by atoms with Gasteiger partial charge in [0.05, 0.1) is 5.39 Å². The molecule has 0 spiro atoms. The summed E-state index contributed by atoms with van der Waals surface area (Å²) in [4.78, 5) is 9.31. The van der Waals surface area contributed by atoms with Gasteiger partial charge < -0.3 is 4.74 Å². The molecule has 0 aliphatic heterocycles. The molecule has 0 atom stereocenters. The Morgan fingerprint density at radius 1 is 1.30 bits per heavy atom. The second-order valence-electron chi connectivity index (χ2n) is 4.15. The van der Waals surface area contributed by atoms with Crippen molar-refractivity contribution in [3.63, 3.8) is 0 Å². The zero-order valence-corrected chi connectivity index (χ0v) is 12.1. The number of rotatable bonds is 3. The van der Waals surface area contributed by atoms with E-state index < -0.39 is 0 Å². The number of nitrogens with zero attached hydrogens (tertiary/aromatic N) is 2. The highest BCUT2D eigenvalue weighted by atomic mass is 35.5. The molecular weight excluding hydrogens is 296 g/mol. The molecule has 3 rings (SSSR count). The summed E-state index contributed by atoms with van der Waals surface area (Å²) < 4.78 is 5.83. The van der Waals surface area contributed by atoms with Crippen LogP contribution in [0.3, 0.4) is 0 Å². The molecule has 0 amide bonds. The number of aromatic nitrogens is 2. The molecule has 20 heavy (non-hydrogen) atoms. The molecule has 0 fully saturated rings. The van der Waals surface area contributed by atoms with Gasteiger partial charge in [0.25, 0.3) is 0 Å². The molecule has 0 saturated heterocycles. The van der Waals surface area contributed by atoms with Gasteiger partial charge in [-0.3, -0.25) is 5.43 Å². The van der Waals surface area contributed by atoms with Gasteiger partial charge in [0.15, 0.2) is 0 Å². The number of thiophene rings is 1. The van der Waals surface area contributed by atoms with Crippen molar-refractivity contribution in [1.29, 1.82) is 0 Å². The van der Waals surface area contributed by atoms with E-state index in [0.717, 1.165) is 15.8 Å².